The van der Waals surface area contributed by atoms with Crippen molar-refractivity contribution in [3.63, 3.8) is 0 Å². The lowest BCUT2D eigenvalue weighted by molar-refractivity contribution is -0.121. The highest BCUT2D eigenvalue weighted by Gasteiger charge is 2.27. The van der Waals surface area contributed by atoms with Crippen LogP contribution in [0.5, 0.6) is 0 Å². The van der Waals surface area contributed by atoms with Crippen molar-refractivity contribution in [1.82, 2.24) is 15.5 Å². The first kappa shape index (κ1) is 18.7. The van der Waals surface area contributed by atoms with Gasteiger partial charge in [-0.1, -0.05) is 0 Å². The Hall–Kier alpha value is -1.30. The van der Waals surface area contributed by atoms with Crippen LogP contribution in [0.15, 0.2) is 0 Å². The van der Waals surface area contributed by atoms with Crippen molar-refractivity contribution in [2.24, 2.45) is 0 Å². The first-order chi connectivity index (χ1) is 9.96. The molecule has 1 heterocycles. The van der Waals surface area contributed by atoms with Crippen LogP contribution < -0.4 is 10.6 Å². The molecule has 1 saturated heterocycles. The summed E-state index contributed by atoms with van der Waals surface area (Å²) in [6, 6.07) is 0.131. The van der Waals surface area contributed by atoms with Gasteiger partial charge in [-0.3, -0.25) is 4.79 Å². The van der Waals surface area contributed by atoms with Crippen molar-refractivity contribution < 1.29 is 14.3 Å². The molecule has 6 heteroatoms. The maximum atomic E-state index is 12.1. The molecule has 128 valence electrons. The van der Waals surface area contributed by atoms with Gasteiger partial charge in [0, 0.05) is 24.7 Å². The number of rotatable bonds is 3. The van der Waals surface area contributed by atoms with E-state index in [1.165, 1.54) is 0 Å². The normalized spacial score (nSPS) is 19.7. The number of hydrogen-bond acceptors (Lipinski definition) is 4. The molecule has 0 radical (unpaired) electrons. The Bertz CT molecular complexity index is 396. The first-order valence-electron chi connectivity index (χ1n) is 7.98. The zero-order valence-electron chi connectivity index (χ0n) is 14.8. The Balaban J connectivity index is 2.40. The fraction of sp³-hybridized carbons (Fsp3) is 0.875. The van der Waals surface area contributed by atoms with E-state index in [1.807, 2.05) is 41.5 Å². The highest BCUT2D eigenvalue weighted by molar-refractivity contribution is 5.78. The molecule has 0 aromatic heterocycles. The van der Waals surface area contributed by atoms with Gasteiger partial charge in [0.05, 0.1) is 6.54 Å². The molecule has 1 unspecified atom stereocenters. The third kappa shape index (κ3) is 7.64. The van der Waals surface area contributed by atoms with Gasteiger partial charge in [0.25, 0.3) is 0 Å². The second-order valence-electron chi connectivity index (χ2n) is 7.94. The SMILES string of the molecule is CC(C)(C)NC(=O)CNC1CCCN(C(=O)OC(C)(C)C)C1. The van der Waals surface area contributed by atoms with E-state index in [0.29, 0.717) is 13.1 Å². The Labute approximate surface area is 134 Å². The van der Waals surface area contributed by atoms with Crippen molar-refractivity contribution >= 4 is 12.0 Å². The summed E-state index contributed by atoms with van der Waals surface area (Å²) in [6.45, 7) is 13.0. The summed E-state index contributed by atoms with van der Waals surface area (Å²) in [6.07, 6.45) is 1.60. The summed E-state index contributed by atoms with van der Waals surface area (Å²) >= 11 is 0. The largest absolute Gasteiger partial charge is 0.444 e. The van der Waals surface area contributed by atoms with E-state index in [0.717, 1.165) is 12.8 Å². The average Bonchev–Trinajstić information content (AvgIpc) is 2.32. The molecule has 1 aliphatic heterocycles. The van der Waals surface area contributed by atoms with Crippen LogP contribution in [0.3, 0.4) is 0 Å². The second-order valence-corrected chi connectivity index (χ2v) is 7.94. The van der Waals surface area contributed by atoms with Crippen molar-refractivity contribution in [1.29, 1.82) is 0 Å². The summed E-state index contributed by atoms with van der Waals surface area (Å²) in [5.41, 5.74) is -0.710. The number of nitrogens with zero attached hydrogens (tertiary/aromatic N) is 1. The Morgan fingerprint density at radius 1 is 1.18 bits per heavy atom. The molecule has 0 spiro atoms. The van der Waals surface area contributed by atoms with Crippen molar-refractivity contribution in [2.45, 2.75) is 71.6 Å². The van der Waals surface area contributed by atoms with Crippen LogP contribution in [0, 0.1) is 0 Å². The van der Waals surface area contributed by atoms with Crippen LogP contribution in [-0.4, -0.2) is 53.7 Å². The molecule has 0 bridgehead atoms. The van der Waals surface area contributed by atoms with E-state index in [1.54, 1.807) is 4.90 Å². The Morgan fingerprint density at radius 2 is 1.82 bits per heavy atom. The molecule has 0 saturated carbocycles. The third-order valence-corrected chi connectivity index (χ3v) is 3.14. The molecule has 6 nitrogen and oxygen atoms in total. The molecule has 1 fully saturated rings. The lowest BCUT2D eigenvalue weighted by Gasteiger charge is -2.34. The van der Waals surface area contributed by atoms with Gasteiger partial charge in [0.1, 0.15) is 5.60 Å². The number of amides is 2. The predicted octanol–water partition coefficient (Wildman–Crippen LogP) is 1.89. The number of carbonyl (C=O) groups excluding carboxylic acids is 2. The maximum Gasteiger partial charge on any atom is 0.410 e. The van der Waals surface area contributed by atoms with Gasteiger partial charge in [-0.15, -0.1) is 0 Å². The number of nitrogens with one attached hydrogen (secondary N) is 2. The molecular formula is C16H31N3O3. The lowest BCUT2D eigenvalue weighted by Crippen LogP contribution is -2.52. The summed E-state index contributed by atoms with van der Waals surface area (Å²) < 4.78 is 5.40. The Morgan fingerprint density at radius 3 is 2.36 bits per heavy atom. The van der Waals surface area contributed by atoms with Gasteiger partial charge in [-0.25, -0.2) is 4.79 Å². The summed E-state index contributed by atoms with van der Waals surface area (Å²) in [4.78, 5) is 25.6. The van der Waals surface area contributed by atoms with Gasteiger partial charge < -0.3 is 20.3 Å². The predicted molar refractivity (Wildman–Crippen MR) is 86.7 cm³/mol. The van der Waals surface area contributed by atoms with E-state index in [-0.39, 0.29) is 30.1 Å². The van der Waals surface area contributed by atoms with Crippen molar-refractivity contribution in [3.05, 3.63) is 0 Å². The molecule has 0 aliphatic carbocycles. The van der Waals surface area contributed by atoms with Gasteiger partial charge in [0.2, 0.25) is 5.91 Å². The number of hydrogen-bond donors (Lipinski definition) is 2. The quantitative estimate of drug-likeness (QED) is 0.835. The molecule has 22 heavy (non-hydrogen) atoms. The van der Waals surface area contributed by atoms with E-state index >= 15 is 0 Å². The number of carbonyl (C=O) groups is 2. The van der Waals surface area contributed by atoms with Gasteiger partial charge >= 0.3 is 6.09 Å². The van der Waals surface area contributed by atoms with E-state index in [2.05, 4.69) is 10.6 Å². The maximum absolute atomic E-state index is 12.1. The highest BCUT2D eigenvalue weighted by Crippen LogP contribution is 2.15. The van der Waals surface area contributed by atoms with Crippen molar-refractivity contribution in [3.8, 4) is 0 Å². The molecule has 1 atom stereocenters. The van der Waals surface area contributed by atoms with Crippen LogP contribution in [0.2, 0.25) is 0 Å². The first-order valence-corrected chi connectivity index (χ1v) is 7.98. The molecule has 2 N–H and O–H groups in total. The fourth-order valence-corrected chi connectivity index (χ4v) is 2.34. The smallest absolute Gasteiger partial charge is 0.410 e. The average molecular weight is 313 g/mol. The minimum Gasteiger partial charge on any atom is -0.444 e. The van der Waals surface area contributed by atoms with Crippen LogP contribution in [0.25, 0.3) is 0 Å². The van der Waals surface area contributed by atoms with E-state index in [9.17, 15) is 9.59 Å². The second kappa shape index (κ2) is 7.31. The van der Waals surface area contributed by atoms with E-state index < -0.39 is 5.60 Å². The molecule has 0 aromatic rings. The zero-order chi connectivity index (χ0) is 17.0. The van der Waals surface area contributed by atoms with Crippen LogP contribution in [0.1, 0.15) is 54.4 Å². The molecule has 0 aromatic carbocycles. The number of piperidine rings is 1. The summed E-state index contributed by atoms with van der Waals surface area (Å²) in [5.74, 6) is -0.0260. The van der Waals surface area contributed by atoms with Crippen molar-refractivity contribution in [2.75, 3.05) is 19.6 Å². The molecule has 1 rings (SSSR count). The minimum atomic E-state index is -0.482. The van der Waals surface area contributed by atoms with Gasteiger partial charge in [-0.2, -0.15) is 0 Å². The highest BCUT2D eigenvalue weighted by atomic mass is 16.6. The monoisotopic (exact) mass is 313 g/mol. The number of ether oxygens (including phenoxy) is 1. The number of likely N-dealkylation sites (tertiary alicyclic amines) is 1. The lowest BCUT2D eigenvalue weighted by atomic mass is 10.1. The summed E-state index contributed by atoms with van der Waals surface area (Å²) in [5, 5.41) is 6.15. The van der Waals surface area contributed by atoms with Crippen LogP contribution in [-0.2, 0) is 9.53 Å². The van der Waals surface area contributed by atoms with E-state index in [4.69, 9.17) is 4.74 Å². The molecular weight excluding hydrogens is 282 g/mol. The molecule has 2 amide bonds. The minimum absolute atomic E-state index is 0.0260. The van der Waals surface area contributed by atoms with Gasteiger partial charge in [-0.05, 0) is 54.4 Å². The van der Waals surface area contributed by atoms with Crippen LogP contribution in [0.4, 0.5) is 4.79 Å². The fourth-order valence-electron chi connectivity index (χ4n) is 2.34. The summed E-state index contributed by atoms with van der Waals surface area (Å²) in [7, 11) is 0. The van der Waals surface area contributed by atoms with Gasteiger partial charge in [0.15, 0.2) is 0 Å². The molecule has 1 aliphatic rings. The van der Waals surface area contributed by atoms with Crippen LogP contribution >= 0.6 is 0 Å². The Kier molecular flexibility index (Phi) is 6.23. The zero-order valence-corrected chi connectivity index (χ0v) is 14.8. The standard InChI is InChI=1S/C16H31N3O3/c1-15(2,3)18-13(20)10-17-12-8-7-9-19(11-12)14(21)22-16(4,5)6/h12,17H,7-11H2,1-6H3,(H,18,20). The topological polar surface area (TPSA) is 70.7 Å². The third-order valence-electron chi connectivity index (χ3n) is 3.14.